The molecule has 118 valence electrons. The SMILES string of the molecule is CNS(=O)(=O)c1ccccc1NCCC1CCN(C)CC1. The molecule has 1 saturated heterocycles. The molecule has 1 aliphatic heterocycles. The van der Waals surface area contributed by atoms with Crippen LogP contribution in [0.5, 0.6) is 0 Å². The van der Waals surface area contributed by atoms with Crippen molar-refractivity contribution in [2.75, 3.05) is 39.0 Å². The minimum atomic E-state index is -3.41. The number of nitrogens with zero attached hydrogens (tertiary/aromatic N) is 1. The fraction of sp³-hybridized carbons (Fsp3) is 0.600. The normalized spacial score (nSPS) is 17.8. The number of para-hydroxylation sites is 1. The number of benzene rings is 1. The van der Waals surface area contributed by atoms with Crippen LogP contribution in [0.1, 0.15) is 19.3 Å². The predicted octanol–water partition coefficient (Wildman–Crippen LogP) is 1.74. The van der Waals surface area contributed by atoms with Gasteiger partial charge in [0.05, 0.1) is 5.69 Å². The summed E-state index contributed by atoms with van der Waals surface area (Å²) in [4.78, 5) is 2.68. The maximum absolute atomic E-state index is 12.0. The second-order valence-corrected chi connectivity index (χ2v) is 7.52. The molecular formula is C15H25N3O2S. The zero-order chi connectivity index (χ0) is 15.3. The fourth-order valence-corrected chi connectivity index (χ4v) is 3.63. The van der Waals surface area contributed by atoms with E-state index in [-0.39, 0.29) is 0 Å². The van der Waals surface area contributed by atoms with Crippen LogP contribution in [0.2, 0.25) is 0 Å². The molecule has 0 aromatic heterocycles. The van der Waals surface area contributed by atoms with Crippen molar-refractivity contribution in [3.63, 3.8) is 0 Å². The predicted molar refractivity (Wildman–Crippen MR) is 86.0 cm³/mol. The second kappa shape index (κ2) is 7.24. The van der Waals surface area contributed by atoms with Crippen molar-refractivity contribution in [1.29, 1.82) is 0 Å². The van der Waals surface area contributed by atoms with E-state index >= 15 is 0 Å². The molecule has 2 rings (SSSR count). The van der Waals surface area contributed by atoms with Crippen molar-refractivity contribution in [2.45, 2.75) is 24.2 Å². The van der Waals surface area contributed by atoms with Gasteiger partial charge in [-0.3, -0.25) is 0 Å². The molecule has 1 fully saturated rings. The van der Waals surface area contributed by atoms with Gasteiger partial charge in [0.25, 0.3) is 0 Å². The van der Waals surface area contributed by atoms with Crippen LogP contribution in [0, 0.1) is 5.92 Å². The summed E-state index contributed by atoms with van der Waals surface area (Å²) in [6.07, 6.45) is 3.55. The first-order valence-corrected chi connectivity index (χ1v) is 8.96. The van der Waals surface area contributed by atoms with Gasteiger partial charge in [-0.05, 0) is 64.5 Å². The number of sulfonamides is 1. The first-order chi connectivity index (χ1) is 10.0. The van der Waals surface area contributed by atoms with Crippen LogP contribution in [0.4, 0.5) is 5.69 Å². The van der Waals surface area contributed by atoms with Crippen LogP contribution in [0.15, 0.2) is 29.2 Å². The summed E-state index contributed by atoms with van der Waals surface area (Å²) in [6.45, 7) is 3.13. The molecule has 1 aromatic rings. The molecule has 0 atom stereocenters. The summed E-state index contributed by atoms with van der Waals surface area (Å²) in [6, 6.07) is 7.04. The standard InChI is InChI=1S/C15H25N3O2S/c1-16-21(19,20)15-6-4-3-5-14(15)17-10-7-13-8-11-18(2)12-9-13/h3-6,13,16-17H,7-12H2,1-2H3. The van der Waals surface area contributed by atoms with Gasteiger partial charge in [-0.1, -0.05) is 12.1 Å². The maximum atomic E-state index is 12.0. The number of hydrogen-bond acceptors (Lipinski definition) is 4. The van der Waals surface area contributed by atoms with Crippen LogP contribution in [-0.2, 0) is 10.0 Å². The number of nitrogens with one attached hydrogen (secondary N) is 2. The van der Waals surface area contributed by atoms with Crippen molar-refractivity contribution >= 4 is 15.7 Å². The molecule has 0 unspecified atom stereocenters. The van der Waals surface area contributed by atoms with E-state index in [1.54, 1.807) is 12.1 Å². The minimum Gasteiger partial charge on any atom is -0.384 e. The highest BCUT2D eigenvalue weighted by Gasteiger charge is 2.18. The lowest BCUT2D eigenvalue weighted by atomic mass is 9.94. The quantitative estimate of drug-likeness (QED) is 0.840. The molecule has 0 amide bonds. The van der Waals surface area contributed by atoms with Gasteiger partial charge >= 0.3 is 0 Å². The van der Waals surface area contributed by atoms with Crippen molar-refractivity contribution < 1.29 is 8.42 Å². The highest BCUT2D eigenvalue weighted by molar-refractivity contribution is 7.89. The highest BCUT2D eigenvalue weighted by Crippen LogP contribution is 2.22. The number of piperidine rings is 1. The maximum Gasteiger partial charge on any atom is 0.242 e. The third kappa shape index (κ3) is 4.43. The zero-order valence-corrected chi connectivity index (χ0v) is 13.6. The van der Waals surface area contributed by atoms with Crippen LogP contribution in [0.3, 0.4) is 0 Å². The van der Waals surface area contributed by atoms with Gasteiger partial charge in [0.15, 0.2) is 0 Å². The van der Waals surface area contributed by atoms with E-state index in [1.807, 2.05) is 12.1 Å². The fourth-order valence-electron chi connectivity index (χ4n) is 2.72. The van der Waals surface area contributed by atoms with Gasteiger partial charge in [0.1, 0.15) is 4.90 Å². The Morgan fingerprint density at radius 2 is 1.90 bits per heavy atom. The van der Waals surface area contributed by atoms with Gasteiger partial charge in [0.2, 0.25) is 10.0 Å². The lowest BCUT2D eigenvalue weighted by molar-refractivity contribution is 0.215. The van der Waals surface area contributed by atoms with Crippen LogP contribution < -0.4 is 10.0 Å². The van der Waals surface area contributed by atoms with Crippen molar-refractivity contribution in [2.24, 2.45) is 5.92 Å². The molecule has 0 radical (unpaired) electrons. The number of likely N-dealkylation sites (tertiary alicyclic amines) is 1. The van der Waals surface area contributed by atoms with E-state index in [4.69, 9.17) is 0 Å². The summed E-state index contributed by atoms with van der Waals surface area (Å²) >= 11 is 0. The lowest BCUT2D eigenvalue weighted by Crippen LogP contribution is -2.31. The molecule has 2 N–H and O–H groups in total. The first kappa shape index (κ1) is 16.3. The van der Waals surface area contributed by atoms with Crippen LogP contribution in [0.25, 0.3) is 0 Å². The summed E-state index contributed by atoms with van der Waals surface area (Å²) < 4.78 is 26.3. The number of anilines is 1. The van der Waals surface area contributed by atoms with Crippen LogP contribution in [-0.4, -0.2) is 47.0 Å². The Morgan fingerprint density at radius 3 is 2.57 bits per heavy atom. The Bertz CT molecular complexity index is 552. The molecule has 21 heavy (non-hydrogen) atoms. The Morgan fingerprint density at radius 1 is 1.24 bits per heavy atom. The Kier molecular flexibility index (Phi) is 5.61. The lowest BCUT2D eigenvalue weighted by Gasteiger charge is -2.29. The van der Waals surface area contributed by atoms with Crippen molar-refractivity contribution in [3.05, 3.63) is 24.3 Å². The van der Waals surface area contributed by atoms with E-state index in [0.717, 1.165) is 32.0 Å². The third-order valence-electron chi connectivity index (χ3n) is 4.15. The number of rotatable bonds is 6. The van der Waals surface area contributed by atoms with Gasteiger partial charge < -0.3 is 10.2 Å². The second-order valence-electron chi connectivity index (χ2n) is 5.67. The molecule has 5 nitrogen and oxygen atoms in total. The molecule has 6 heteroatoms. The topological polar surface area (TPSA) is 61.4 Å². The average molecular weight is 311 g/mol. The molecule has 1 aliphatic rings. The summed E-state index contributed by atoms with van der Waals surface area (Å²) in [5.41, 5.74) is 0.680. The summed E-state index contributed by atoms with van der Waals surface area (Å²) in [7, 11) is 0.185. The van der Waals surface area contributed by atoms with Gasteiger partial charge in [0, 0.05) is 6.54 Å². The van der Waals surface area contributed by atoms with Crippen molar-refractivity contribution in [1.82, 2.24) is 9.62 Å². The van der Waals surface area contributed by atoms with Gasteiger partial charge in [-0.2, -0.15) is 0 Å². The van der Waals surface area contributed by atoms with Crippen molar-refractivity contribution in [3.8, 4) is 0 Å². The van der Waals surface area contributed by atoms with E-state index < -0.39 is 10.0 Å². The Hall–Kier alpha value is -1.11. The third-order valence-corrected chi connectivity index (χ3v) is 5.62. The molecule has 1 heterocycles. The summed E-state index contributed by atoms with van der Waals surface area (Å²) in [5.74, 6) is 0.738. The monoisotopic (exact) mass is 311 g/mol. The first-order valence-electron chi connectivity index (χ1n) is 7.48. The molecule has 0 bridgehead atoms. The van der Waals surface area contributed by atoms with Crippen LogP contribution >= 0.6 is 0 Å². The highest BCUT2D eigenvalue weighted by atomic mass is 32.2. The molecule has 0 saturated carbocycles. The Balaban J connectivity index is 1.92. The van der Waals surface area contributed by atoms with E-state index in [2.05, 4.69) is 22.0 Å². The zero-order valence-electron chi connectivity index (χ0n) is 12.8. The molecule has 0 aliphatic carbocycles. The summed E-state index contributed by atoms with van der Waals surface area (Å²) in [5, 5.41) is 3.28. The van der Waals surface area contributed by atoms with Gasteiger partial charge in [-0.25, -0.2) is 13.1 Å². The van der Waals surface area contributed by atoms with Gasteiger partial charge in [-0.15, -0.1) is 0 Å². The van der Waals surface area contributed by atoms with E-state index in [0.29, 0.717) is 10.6 Å². The Labute approximate surface area is 127 Å². The minimum absolute atomic E-state index is 0.316. The molecule has 0 spiro atoms. The smallest absolute Gasteiger partial charge is 0.242 e. The number of hydrogen-bond donors (Lipinski definition) is 2. The largest absolute Gasteiger partial charge is 0.384 e. The van der Waals surface area contributed by atoms with E-state index in [9.17, 15) is 8.42 Å². The molecular weight excluding hydrogens is 286 g/mol. The van der Waals surface area contributed by atoms with E-state index in [1.165, 1.54) is 19.9 Å². The molecule has 1 aromatic carbocycles. The average Bonchev–Trinajstić information content (AvgIpc) is 2.50.